The number of amides is 2. The molecule has 7 nitrogen and oxygen atoms in total. The van der Waals surface area contributed by atoms with Crippen LogP contribution in [0.4, 0.5) is 0 Å². The molecule has 0 aliphatic heterocycles. The molecule has 3 aromatic rings. The molecule has 0 radical (unpaired) electrons. The molecule has 1 aliphatic rings. The lowest BCUT2D eigenvalue weighted by Gasteiger charge is -2.27. The van der Waals surface area contributed by atoms with E-state index in [1.807, 2.05) is 36.0 Å². The largest absolute Gasteiger partial charge is 0.467 e. The zero-order chi connectivity index (χ0) is 19.5. The van der Waals surface area contributed by atoms with E-state index in [2.05, 4.69) is 0 Å². The van der Waals surface area contributed by atoms with Gasteiger partial charge in [-0.3, -0.25) is 9.59 Å². The summed E-state index contributed by atoms with van der Waals surface area (Å²) in [5.74, 6) is 0.611. The van der Waals surface area contributed by atoms with Crippen molar-refractivity contribution in [1.82, 2.24) is 14.4 Å². The van der Waals surface area contributed by atoms with Crippen molar-refractivity contribution >= 4 is 11.8 Å². The van der Waals surface area contributed by atoms with Crippen molar-refractivity contribution in [2.75, 3.05) is 6.54 Å². The lowest BCUT2D eigenvalue weighted by Crippen LogP contribution is -2.43. The van der Waals surface area contributed by atoms with Crippen molar-refractivity contribution in [3.05, 3.63) is 72.3 Å². The average Bonchev–Trinajstić information content (AvgIpc) is 3.08. The monoisotopic (exact) mass is 381 g/mol. The molecule has 3 heterocycles. The molecule has 0 atom stereocenters. The highest BCUT2D eigenvalue weighted by Crippen LogP contribution is 2.28. The van der Waals surface area contributed by atoms with Gasteiger partial charge in [-0.2, -0.15) is 0 Å². The van der Waals surface area contributed by atoms with Crippen molar-refractivity contribution in [1.29, 1.82) is 0 Å². The number of rotatable bonds is 8. The van der Waals surface area contributed by atoms with Gasteiger partial charge in [0.15, 0.2) is 5.76 Å². The Hall–Kier alpha value is -3.22. The van der Waals surface area contributed by atoms with Crippen molar-refractivity contribution in [2.24, 2.45) is 7.05 Å². The fraction of sp³-hybridized carbons (Fsp3) is 0.333. The van der Waals surface area contributed by atoms with Crippen LogP contribution >= 0.6 is 0 Å². The van der Waals surface area contributed by atoms with Gasteiger partial charge in [0.1, 0.15) is 12.3 Å². The van der Waals surface area contributed by atoms with Gasteiger partial charge < -0.3 is 23.2 Å². The third kappa shape index (κ3) is 4.03. The Labute approximate surface area is 163 Å². The minimum Gasteiger partial charge on any atom is -0.467 e. The van der Waals surface area contributed by atoms with Crippen LogP contribution in [-0.2, 0) is 24.9 Å². The second-order valence-electron chi connectivity index (χ2n) is 7.08. The summed E-state index contributed by atoms with van der Waals surface area (Å²) in [7, 11) is 1.95. The minimum absolute atomic E-state index is 0.0231. The van der Waals surface area contributed by atoms with Crippen LogP contribution in [0.2, 0.25) is 0 Å². The number of hydrogen-bond acceptors (Lipinski definition) is 4. The number of carbonyl (C=O) groups is 2. The summed E-state index contributed by atoms with van der Waals surface area (Å²) in [5, 5.41) is 0. The fourth-order valence-corrected chi connectivity index (χ4v) is 3.22. The van der Waals surface area contributed by atoms with E-state index >= 15 is 0 Å². The zero-order valence-corrected chi connectivity index (χ0v) is 15.8. The van der Waals surface area contributed by atoms with Gasteiger partial charge in [-0.25, -0.2) is 0 Å². The molecule has 0 unspecified atom stereocenters. The van der Waals surface area contributed by atoms with E-state index in [1.54, 1.807) is 34.3 Å². The number of furan rings is 2. The minimum atomic E-state index is -0.238. The molecule has 0 spiro atoms. The van der Waals surface area contributed by atoms with Crippen LogP contribution in [0.15, 0.2) is 64.0 Å². The maximum atomic E-state index is 13.2. The lowest BCUT2D eigenvalue weighted by molar-refractivity contribution is -0.133. The normalized spacial score (nSPS) is 13.5. The standard InChI is InChI=1S/C21H23N3O4/c1-22-10-2-5-17(22)13-23(14-18-6-3-11-27-18)20(25)15-24(16-8-9-16)21(26)19-7-4-12-28-19/h2-7,10-12,16H,8-9,13-15H2,1H3. The average molecular weight is 381 g/mol. The number of hydrogen-bond donors (Lipinski definition) is 0. The van der Waals surface area contributed by atoms with Gasteiger partial charge >= 0.3 is 0 Å². The van der Waals surface area contributed by atoms with Crippen LogP contribution in [0, 0.1) is 0 Å². The molecule has 3 aromatic heterocycles. The van der Waals surface area contributed by atoms with Crippen LogP contribution in [0.3, 0.4) is 0 Å². The van der Waals surface area contributed by atoms with Crippen LogP contribution in [0.25, 0.3) is 0 Å². The Balaban J connectivity index is 1.51. The van der Waals surface area contributed by atoms with E-state index in [1.165, 1.54) is 6.26 Å². The summed E-state index contributed by atoms with van der Waals surface area (Å²) in [4.78, 5) is 29.3. The Morgan fingerprint density at radius 2 is 1.86 bits per heavy atom. The molecule has 7 heteroatoms. The highest BCUT2D eigenvalue weighted by Gasteiger charge is 2.36. The summed E-state index contributed by atoms with van der Waals surface area (Å²) in [6, 6.07) is 11.0. The molecule has 0 N–H and O–H groups in total. The van der Waals surface area contributed by atoms with E-state index in [0.29, 0.717) is 18.8 Å². The zero-order valence-electron chi connectivity index (χ0n) is 15.8. The number of carbonyl (C=O) groups excluding carboxylic acids is 2. The second kappa shape index (κ2) is 7.80. The molecule has 146 valence electrons. The molecule has 2 amide bonds. The molecular formula is C21H23N3O4. The molecule has 4 rings (SSSR count). The first-order valence-electron chi connectivity index (χ1n) is 9.36. The van der Waals surface area contributed by atoms with E-state index in [9.17, 15) is 9.59 Å². The third-order valence-corrected chi connectivity index (χ3v) is 4.97. The van der Waals surface area contributed by atoms with Crippen LogP contribution in [-0.4, -0.2) is 38.8 Å². The first-order chi connectivity index (χ1) is 13.6. The summed E-state index contributed by atoms with van der Waals surface area (Å²) >= 11 is 0. The van der Waals surface area contributed by atoms with Crippen molar-refractivity contribution < 1.29 is 18.4 Å². The van der Waals surface area contributed by atoms with E-state index < -0.39 is 0 Å². The van der Waals surface area contributed by atoms with Gasteiger partial charge in [-0.1, -0.05) is 0 Å². The third-order valence-electron chi connectivity index (χ3n) is 4.97. The van der Waals surface area contributed by atoms with Gasteiger partial charge in [-0.15, -0.1) is 0 Å². The van der Waals surface area contributed by atoms with Crippen molar-refractivity contribution in [3.8, 4) is 0 Å². The quantitative estimate of drug-likeness (QED) is 0.601. The number of aromatic nitrogens is 1. The molecule has 0 bridgehead atoms. The highest BCUT2D eigenvalue weighted by molar-refractivity contribution is 5.94. The predicted octanol–water partition coefficient (Wildman–Crippen LogP) is 3.04. The first kappa shape index (κ1) is 18.2. The summed E-state index contributed by atoms with van der Waals surface area (Å²) in [5.41, 5.74) is 1.01. The van der Waals surface area contributed by atoms with Gasteiger partial charge in [0, 0.05) is 25.0 Å². The van der Waals surface area contributed by atoms with Crippen LogP contribution < -0.4 is 0 Å². The smallest absolute Gasteiger partial charge is 0.290 e. The summed E-state index contributed by atoms with van der Waals surface area (Å²) < 4.78 is 12.7. The molecule has 1 aliphatic carbocycles. The number of nitrogens with zero attached hydrogens (tertiary/aromatic N) is 3. The Morgan fingerprint density at radius 1 is 1.07 bits per heavy atom. The lowest BCUT2D eigenvalue weighted by atomic mass is 10.3. The molecule has 0 saturated heterocycles. The van der Waals surface area contributed by atoms with Crippen LogP contribution in [0.1, 0.15) is 34.9 Å². The Kier molecular flexibility index (Phi) is 5.06. The maximum Gasteiger partial charge on any atom is 0.290 e. The van der Waals surface area contributed by atoms with Gasteiger partial charge in [0.2, 0.25) is 5.91 Å². The fourth-order valence-electron chi connectivity index (χ4n) is 3.22. The van der Waals surface area contributed by atoms with Gasteiger partial charge in [-0.05, 0) is 49.2 Å². The molecular weight excluding hydrogens is 358 g/mol. The Bertz CT molecular complexity index is 923. The van der Waals surface area contributed by atoms with E-state index in [4.69, 9.17) is 8.83 Å². The maximum absolute atomic E-state index is 13.2. The van der Waals surface area contributed by atoms with Gasteiger partial charge in [0.05, 0.1) is 25.6 Å². The molecule has 1 fully saturated rings. The van der Waals surface area contributed by atoms with Crippen LogP contribution in [0.5, 0.6) is 0 Å². The second-order valence-corrected chi connectivity index (χ2v) is 7.08. The summed E-state index contributed by atoms with van der Waals surface area (Å²) in [6.07, 6.45) is 6.84. The highest BCUT2D eigenvalue weighted by atomic mass is 16.3. The molecule has 1 saturated carbocycles. The molecule has 0 aromatic carbocycles. The molecule has 28 heavy (non-hydrogen) atoms. The SMILES string of the molecule is Cn1cccc1CN(Cc1ccco1)C(=O)CN(C(=O)c1ccco1)C1CC1. The Morgan fingerprint density at radius 3 is 2.46 bits per heavy atom. The predicted molar refractivity (Wildman–Crippen MR) is 101 cm³/mol. The van der Waals surface area contributed by atoms with Crippen molar-refractivity contribution in [3.63, 3.8) is 0 Å². The summed E-state index contributed by atoms with van der Waals surface area (Å²) in [6.45, 7) is 0.816. The van der Waals surface area contributed by atoms with Crippen molar-refractivity contribution in [2.45, 2.75) is 32.0 Å². The van der Waals surface area contributed by atoms with E-state index in [-0.39, 0.29) is 30.2 Å². The first-order valence-corrected chi connectivity index (χ1v) is 9.36. The van der Waals surface area contributed by atoms with E-state index in [0.717, 1.165) is 18.5 Å². The van der Waals surface area contributed by atoms with Gasteiger partial charge in [0.25, 0.3) is 5.91 Å². The number of aryl methyl sites for hydroxylation is 1. The topological polar surface area (TPSA) is 71.8 Å².